The largest absolute Gasteiger partial charge is 0.374 e. The maximum atomic E-state index is 5.86. The lowest BCUT2D eigenvalue weighted by atomic mass is 10.1. The van der Waals surface area contributed by atoms with Crippen molar-refractivity contribution in [2.24, 2.45) is 11.7 Å². The molecule has 0 aromatic heterocycles. The van der Waals surface area contributed by atoms with Crippen LogP contribution in [0.3, 0.4) is 0 Å². The van der Waals surface area contributed by atoms with Crippen LogP contribution in [-0.2, 0) is 6.54 Å². The van der Waals surface area contributed by atoms with Gasteiger partial charge in [0.2, 0.25) is 0 Å². The first kappa shape index (κ1) is 13.4. The molecule has 0 aliphatic heterocycles. The van der Waals surface area contributed by atoms with Gasteiger partial charge in [0, 0.05) is 36.3 Å². The number of hydrogen-bond acceptors (Lipinski definition) is 3. The van der Waals surface area contributed by atoms with Gasteiger partial charge in [-0.1, -0.05) is 19.9 Å². The summed E-state index contributed by atoms with van der Waals surface area (Å²) in [5.41, 5.74) is 8.38. The standard InChI is InChI=1S/C13H22N2S/c1-10(2)9-15(3)12-6-5-7-13(16-4)11(12)8-14/h5-7,10H,8-9,14H2,1-4H3. The maximum Gasteiger partial charge on any atom is 0.0420 e. The van der Waals surface area contributed by atoms with Crippen LogP contribution in [0.15, 0.2) is 23.1 Å². The summed E-state index contributed by atoms with van der Waals surface area (Å²) in [4.78, 5) is 3.59. The molecule has 3 heteroatoms. The maximum absolute atomic E-state index is 5.86. The van der Waals surface area contributed by atoms with Crippen LogP contribution in [0.25, 0.3) is 0 Å². The fourth-order valence-electron chi connectivity index (χ4n) is 1.95. The lowest BCUT2D eigenvalue weighted by molar-refractivity contribution is 0.636. The van der Waals surface area contributed by atoms with Crippen molar-refractivity contribution in [2.75, 3.05) is 24.7 Å². The Morgan fingerprint density at radius 2 is 2.06 bits per heavy atom. The third kappa shape index (κ3) is 3.16. The Kier molecular flexibility index (Phi) is 5.16. The Labute approximate surface area is 103 Å². The second-order valence-electron chi connectivity index (χ2n) is 4.44. The Morgan fingerprint density at radius 1 is 1.38 bits per heavy atom. The highest BCUT2D eigenvalue weighted by Crippen LogP contribution is 2.29. The van der Waals surface area contributed by atoms with Gasteiger partial charge in [0.25, 0.3) is 0 Å². The second-order valence-corrected chi connectivity index (χ2v) is 5.28. The molecule has 2 N–H and O–H groups in total. The number of thioether (sulfide) groups is 1. The van der Waals surface area contributed by atoms with Gasteiger partial charge in [-0.05, 0) is 24.3 Å². The van der Waals surface area contributed by atoms with E-state index in [1.807, 2.05) is 0 Å². The molecule has 1 rings (SSSR count). The van der Waals surface area contributed by atoms with Crippen LogP contribution >= 0.6 is 11.8 Å². The molecule has 0 aliphatic rings. The summed E-state index contributed by atoms with van der Waals surface area (Å²) < 4.78 is 0. The summed E-state index contributed by atoms with van der Waals surface area (Å²) in [5, 5.41) is 0. The molecule has 1 aromatic rings. The van der Waals surface area contributed by atoms with Crippen LogP contribution in [0.1, 0.15) is 19.4 Å². The molecule has 0 aliphatic carbocycles. The Morgan fingerprint density at radius 3 is 2.56 bits per heavy atom. The van der Waals surface area contributed by atoms with E-state index in [9.17, 15) is 0 Å². The first-order valence-electron chi connectivity index (χ1n) is 5.67. The molecule has 2 nitrogen and oxygen atoms in total. The highest BCUT2D eigenvalue weighted by Gasteiger charge is 2.10. The van der Waals surface area contributed by atoms with E-state index in [0.717, 1.165) is 6.54 Å². The summed E-state index contributed by atoms with van der Waals surface area (Å²) in [5.74, 6) is 0.661. The van der Waals surface area contributed by atoms with Gasteiger partial charge in [-0.2, -0.15) is 0 Å². The average molecular weight is 238 g/mol. The quantitative estimate of drug-likeness (QED) is 0.800. The van der Waals surface area contributed by atoms with E-state index in [0.29, 0.717) is 12.5 Å². The van der Waals surface area contributed by atoms with Crippen molar-refractivity contribution in [3.05, 3.63) is 23.8 Å². The van der Waals surface area contributed by atoms with Crippen molar-refractivity contribution < 1.29 is 0 Å². The molecule has 0 saturated carbocycles. The Balaban J connectivity index is 3.02. The van der Waals surface area contributed by atoms with E-state index in [2.05, 4.69) is 50.2 Å². The minimum atomic E-state index is 0.606. The van der Waals surface area contributed by atoms with Crippen molar-refractivity contribution in [1.82, 2.24) is 0 Å². The highest BCUT2D eigenvalue weighted by molar-refractivity contribution is 7.98. The van der Waals surface area contributed by atoms with Crippen molar-refractivity contribution in [1.29, 1.82) is 0 Å². The molecule has 1 aromatic carbocycles. The predicted octanol–water partition coefficient (Wildman–Crippen LogP) is 2.96. The molecule has 0 atom stereocenters. The normalized spacial score (nSPS) is 10.9. The minimum absolute atomic E-state index is 0.606. The van der Waals surface area contributed by atoms with E-state index in [1.54, 1.807) is 11.8 Å². The first-order chi connectivity index (χ1) is 7.60. The number of nitrogens with zero attached hydrogens (tertiary/aromatic N) is 1. The van der Waals surface area contributed by atoms with Crippen LogP contribution in [0.4, 0.5) is 5.69 Å². The second kappa shape index (κ2) is 6.16. The summed E-state index contributed by atoms with van der Waals surface area (Å²) in [7, 11) is 2.14. The molecular formula is C13H22N2S. The summed E-state index contributed by atoms with van der Waals surface area (Å²) in [6.45, 7) is 6.13. The number of nitrogens with two attached hydrogens (primary N) is 1. The molecule has 90 valence electrons. The van der Waals surface area contributed by atoms with Crippen LogP contribution in [0.5, 0.6) is 0 Å². The molecule has 0 amide bonds. The molecular weight excluding hydrogens is 216 g/mol. The topological polar surface area (TPSA) is 29.3 Å². The van der Waals surface area contributed by atoms with Crippen molar-refractivity contribution in [3.8, 4) is 0 Å². The average Bonchev–Trinajstić information content (AvgIpc) is 2.26. The molecule has 16 heavy (non-hydrogen) atoms. The molecule has 0 radical (unpaired) electrons. The smallest absolute Gasteiger partial charge is 0.0420 e. The number of anilines is 1. The van der Waals surface area contributed by atoms with Gasteiger partial charge < -0.3 is 10.6 Å². The summed E-state index contributed by atoms with van der Waals surface area (Å²) in [6.07, 6.45) is 2.10. The Bertz CT molecular complexity index is 337. The third-order valence-corrected chi connectivity index (χ3v) is 3.40. The van der Waals surface area contributed by atoms with Crippen molar-refractivity contribution >= 4 is 17.4 Å². The lowest BCUT2D eigenvalue weighted by Crippen LogP contribution is -2.24. The molecule has 0 unspecified atom stereocenters. The molecule has 0 heterocycles. The van der Waals surface area contributed by atoms with E-state index in [4.69, 9.17) is 5.73 Å². The SMILES string of the molecule is CSc1cccc(N(C)CC(C)C)c1CN. The van der Waals surface area contributed by atoms with Gasteiger partial charge in [-0.15, -0.1) is 11.8 Å². The van der Waals surface area contributed by atoms with E-state index in [1.165, 1.54) is 16.1 Å². The Hall–Kier alpha value is -0.670. The molecule has 0 spiro atoms. The van der Waals surface area contributed by atoms with Crippen LogP contribution < -0.4 is 10.6 Å². The molecule has 0 saturated heterocycles. The zero-order chi connectivity index (χ0) is 12.1. The van der Waals surface area contributed by atoms with Gasteiger partial charge in [-0.25, -0.2) is 0 Å². The molecule has 0 bridgehead atoms. The van der Waals surface area contributed by atoms with E-state index >= 15 is 0 Å². The zero-order valence-electron chi connectivity index (χ0n) is 10.7. The lowest BCUT2D eigenvalue weighted by Gasteiger charge is -2.25. The summed E-state index contributed by atoms with van der Waals surface area (Å²) >= 11 is 1.76. The number of rotatable bonds is 5. The van der Waals surface area contributed by atoms with Crippen LogP contribution in [0, 0.1) is 5.92 Å². The van der Waals surface area contributed by atoms with Crippen molar-refractivity contribution in [2.45, 2.75) is 25.3 Å². The summed E-state index contributed by atoms with van der Waals surface area (Å²) in [6, 6.07) is 6.40. The molecule has 0 fully saturated rings. The van der Waals surface area contributed by atoms with Crippen LogP contribution in [-0.4, -0.2) is 19.8 Å². The van der Waals surface area contributed by atoms with Crippen molar-refractivity contribution in [3.63, 3.8) is 0 Å². The van der Waals surface area contributed by atoms with Gasteiger partial charge in [0.15, 0.2) is 0 Å². The fourth-order valence-corrected chi connectivity index (χ4v) is 2.60. The van der Waals surface area contributed by atoms with E-state index in [-0.39, 0.29) is 0 Å². The van der Waals surface area contributed by atoms with E-state index < -0.39 is 0 Å². The van der Waals surface area contributed by atoms with Gasteiger partial charge in [0.05, 0.1) is 0 Å². The zero-order valence-corrected chi connectivity index (χ0v) is 11.5. The van der Waals surface area contributed by atoms with Gasteiger partial charge >= 0.3 is 0 Å². The third-order valence-electron chi connectivity index (χ3n) is 2.58. The highest BCUT2D eigenvalue weighted by atomic mass is 32.2. The minimum Gasteiger partial charge on any atom is -0.374 e. The van der Waals surface area contributed by atoms with Crippen LogP contribution in [0.2, 0.25) is 0 Å². The van der Waals surface area contributed by atoms with Gasteiger partial charge in [0.1, 0.15) is 0 Å². The fraction of sp³-hybridized carbons (Fsp3) is 0.538. The first-order valence-corrected chi connectivity index (χ1v) is 6.89. The van der Waals surface area contributed by atoms with Gasteiger partial charge in [-0.3, -0.25) is 0 Å². The predicted molar refractivity (Wildman–Crippen MR) is 74.2 cm³/mol. The monoisotopic (exact) mass is 238 g/mol. The number of benzene rings is 1. The number of hydrogen-bond donors (Lipinski definition) is 1.